The van der Waals surface area contributed by atoms with Crippen LogP contribution in [0.4, 0.5) is 0 Å². The van der Waals surface area contributed by atoms with Gasteiger partial charge in [0.1, 0.15) is 24.2 Å². The third-order valence-electron chi connectivity index (χ3n) is 7.09. The van der Waals surface area contributed by atoms with E-state index in [4.69, 9.17) is 9.73 Å². The molecule has 1 aromatic carbocycles. The fourth-order valence-corrected chi connectivity index (χ4v) is 7.04. The second-order valence-corrected chi connectivity index (χ2v) is 12.6. The Morgan fingerprint density at radius 3 is 2.21 bits per heavy atom. The molecular weight excluding hydrogens is 536 g/mol. The number of ether oxygens (including phenoxy) is 1. The number of thioether (sulfide) groups is 2. The summed E-state index contributed by atoms with van der Waals surface area (Å²) in [6, 6.07) is 6.73. The molecule has 6 bridgehead atoms. The van der Waals surface area contributed by atoms with E-state index in [0.717, 1.165) is 10.6 Å². The van der Waals surface area contributed by atoms with Crippen molar-refractivity contribution in [2.45, 2.75) is 76.5 Å². The first-order chi connectivity index (χ1) is 18.7. The van der Waals surface area contributed by atoms with E-state index in [-0.39, 0.29) is 35.7 Å². The van der Waals surface area contributed by atoms with Gasteiger partial charge in [-0.25, -0.2) is 4.99 Å². The average Bonchev–Trinajstić information content (AvgIpc) is 3.66. The van der Waals surface area contributed by atoms with E-state index in [1.807, 2.05) is 51.1 Å². The lowest BCUT2D eigenvalue weighted by molar-refractivity contribution is -0.124. The van der Waals surface area contributed by atoms with Crippen molar-refractivity contribution in [3.63, 3.8) is 0 Å². The van der Waals surface area contributed by atoms with Crippen molar-refractivity contribution in [3.8, 4) is 0 Å². The Morgan fingerprint density at radius 1 is 0.872 bits per heavy atom. The molecule has 39 heavy (non-hydrogen) atoms. The van der Waals surface area contributed by atoms with E-state index in [9.17, 15) is 14.4 Å². The normalized spacial score (nSPS) is 33.2. The van der Waals surface area contributed by atoms with Gasteiger partial charge in [-0.2, -0.15) is 0 Å². The second kappa shape index (κ2) is 11.7. The van der Waals surface area contributed by atoms with Crippen molar-refractivity contribution in [3.05, 3.63) is 35.9 Å². The Hall–Kier alpha value is -2.86. The minimum absolute atomic E-state index is 0.0185. The topological polar surface area (TPSA) is 134 Å². The van der Waals surface area contributed by atoms with Gasteiger partial charge in [-0.3, -0.25) is 24.4 Å². The smallest absolute Gasteiger partial charge is 0.249 e. The molecule has 208 valence electrons. The van der Waals surface area contributed by atoms with Crippen LogP contribution in [0.5, 0.6) is 0 Å². The van der Waals surface area contributed by atoms with Gasteiger partial charge in [0.05, 0.1) is 22.2 Å². The lowest BCUT2D eigenvalue weighted by Crippen LogP contribution is -2.48. The number of amides is 3. The van der Waals surface area contributed by atoms with E-state index in [1.165, 1.54) is 23.5 Å². The molecule has 7 unspecified atom stereocenters. The van der Waals surface area contributed by atoms with Crippen LogP contribution in [0.1, 0.15) is 33.3 Å². The van der Waals surface area contributed by atoms with Crippen molar-refractivity contribution >= 4 is 57.2 Å². The third kappa shape index (κ3) is 6.16. The first-order valence-electron chi connectivity index (χ1n) is 13.3. The highest BCUT2D eigenvalue weighted by atomic mass is 32.2. The number of fused-ring (bicyclic) bond motifs is 3. The van der Waals surface area contributed by atoms with Crippen LogP contribution < -0.4 is 16.0 Å². The highest BCUT2D eigenvalue weighted by molar-refractivity contribution is 8.14. The average molecular weight is 571 g/mol. The predicted molar refractivity (Wildman–Crippen MR) is 156 cm³/mol. The van der Waals surface area contributed by atoms with Gasteiger partial charge in [0, 0.05) is 11.5 Å². The molecule has 0 fully saturated rings. The molecule has 1 aromatic rings. The summed E-state index contributed by atoms with van der Waals surface area (Å²) in [5, 5.41) is 10.6. The van der Waals surface area contributed by atoms with Gasteiger partial charge >= 0.3 is 0 Å². The summed E-state index contributed by atoms with van der Waals surface area (Å²) < 4.78 is 6.00. The standard InChI is InChI=1S/C27H34N6O4S2/c1-13(2)20-25-33-21(15(4)37-25)24(36)28-14(3)26-30-18(11-38-26)22(34)29-17(10-16-8-6-5-7-9-16)27-31-19(12-39-27)23(35)32-20/h5-9,13-15,17-21H,10-12H2,1-4H3,(H,28,36)(H,29,34)(H,32,35). The number of rotatable bonds is 3. The fraction of sp³-hybridized carbons (Fsp3) is 0.556. The Bertz CT molecular complexity index is 1220. The molecular formula is C27H34N6O4S2. The molecule has 0 saturated carbocycles. The Kier molecular flexibility index (Phi) is 8.32. The van der Waals surface area contributed by atoms with Crippen LogP contribution in [0.2, 0.25) is 0 Å². The Labute approximate surface area is 236 Å². The molecule has 0 saturated heterocycles. The van der Waals surface area contributed by atoms with E-state index >= 15 is 0 Å². The number of benzene rings is 1. The van der Waals surface area contributed by atoms with E-state index in [1.54, 1.807) is 6.92 Å². The zero-order valence-electron chi connectivity index (χ0n) is 22.4. The first-order valence-corrected chi connectivity index (χ1v) is 15.3. The molecule has 4 heterocycles. The van der Waals surface area contributed by atoms with Gasteiger partial charge in [-0.15, -0.1) is 23.5 Å². The van der Waals surface area contributed by atoms with Crippen molar-refractivity contribution in [1.82, 2.24) is 16.0 Å². The number of hydrogen-bond donors (Lipinski definition) is 3. The van der Waals surface area contributed by atoms with Crippen molar-refractivity contribution in [2.75, 3.05) is 11.5 Å². The third-order valence-corrected chi connectivity index (χ3v) is 9.50. The molecule has 3 amide bonds. The van der Waals surface area contributed by atoms with Crippen LogP contribution in [0, 0.1) is 5.92 Å². The molecule has 0 aromatic heterocycles. The highest BCUT2D eigenvalue weighted by Crippen LogP contribution is 2.26. The molecule has 5 rings (SSSR count). The van der Waals surface area contributed by atoms with Gasteiger partial charge in [0.2, 0.25) is 23.6 Å². The van der Waals surface area contributed by atoms with E-state index in [0.29, 0.717) is 28.9 Å². The molecule has 12 heteroatoms. The van der Waals surface area contributed by atoms with Gasteiger partial charge < -0.3 is 20.7 Å². The SMILES string of the molecule is CC1NC(=O)C2N=C(OC2C)C(C(C)C)NC(=O)C2CSC(=N2)C(Cc2ccccc2)NC(=O)C2CSC1=N2. The zero-order chi connectivity index (χ0) is 27.7. The van der Waals surface area contributed by atoms with Crippen LogP contribution in [-0.4, -0.2) is 87.6 Å². The molecule has 0 spiro atoms. The molecule has 0 aliphatic carbocycles. The first kappa shape index (κ1) is 27.7. The molecule has 3 N–H and O–H groups in total. The van der Waals surface area contributed by atoms with E-state index < -0.39 is 30.3 Å². The number of hydrogen-bond acceptors (Lipinski definition) is 9. The Balaban J connectivity index is 1.48. The highest BCUT2D eigenvalue weighted by Gasteiger charge is 2.40. The van der Waals surface area contributed by atoms with Crippen molar-refractivity contribution in [1.29, 1.82) is 0 Å². The number of carbonyl (C=O) groups is 3. The van der Waals surface area contributed by atoms with Crippen LogP contribution >= 0.6 is 23.5 Å². The lowest BCUT2D eigenvalue weighted by Gasteiger charge is -2.23. The number of carbonyl (C=O) groups excluding carboxylic acids is 3. The Morgan fingerprint density at radius 2 is 1.51 bits per heavy atom. The molecule has 4 aliphatic rings. The number of nitrogens with one attached hydrogen (secondary N) is 3. The summed E-state index contributed by atoms with van der Waals surface area (Å²) in [4.78, 5) is 53.8. The predicted octanol–water partition coefficient (Wildman–Crippen LogP) is 1.59. The molecule has 10 nitrogen and oxygen atoms in total. The monoisotopic (exact) mass is 570 g/mol. The van der Waals surface area contributed by atoms with Crippen molar-refractivity contribution < 1.29 is 19.1 Å². The van der Waals surface area contributed by atoms with Gasteiger partial charge in [0.15, 0.2) is 6.04 Å². The van der Waals surface area contributed by atoms with Crippen LogP contribution in [0.25, 0.3) is 0 Å². The zero-order valence-corrected chi connectivity index (χ0v) is 24.1. The van der Waals surface area contributed by atoms with Crippen molar-refractivity contribution in [2.24, 2.45) is 20.9 Å². The number of nitrogens with zero attached hydrogens (tertiary/aromatic N) is 3. The second-order valence-electron chi connectivity index (χ2n) is 10.5. The largest absolute Gasteiger partial charge is 0.474 e. The molecule has 7 atom stereocenters. The minimum Gasteiger partial charge on any atom is -0.474 e. The lowest BCUT2D eigenvalue weighted by atomic mass is 10.0. The maximum Gasteiger partial charge on any atom is 0.249 e. The van der Waals surface area contributed by atoms with Gasteiger partial charge in [0.25, 0.3) is 0 Å². The summed E-state index contributed by atoms with van der Waals surface area (Å²) in [7, 11) is 0. The summed E-state index contributed by atoms with van der Waals surface area (Å²) in [5.41, 5.74) is 1.06. The summed E-state index contributed by atoms with van der Waals surface area (Å²) >= 11 is 2.97. The molecule has 4 aliphatic heterocycles. The van der Waals surface area contributed by atoms with Gasteiger partial charge in [-0.1, -0.05) is 44.2 Å². The summed E-state index contributed by atoms with van der Waals surface area (Å²) in [5.74, 6) is 0.601. The molecule has 0 radical (unpaired) electrons. The van der Waals surface area contributed by atoms with Crippen LogP contribution in [0.15, 0.2) is 45.3 Å². The summed E-state index contributed by atoms with van der Waals surface area (Å²) in [6.45, 7) is 7.59. The van der Waals surface area contributed by atoms with E-state index in [2.05, 4.69) is 25.9 Å². The quantitative estimate of drug-likeness (QED) is 0.506. The minimum atomic E-state index is -0.740. The maximum atomic E-state index is 13.3. The van der Waals surface area contributed by atoms with Gasteiger partial charge in [-0.05, 0) is 31.7 Å². The van der Waals surface area contributed by atoms with Crippen LogP contribution in [0.3, 0.4) is 0 Å². The maximum absolute atomic E-state index is 13.3. The summed E-state index contributed by atoms with van der Waals surface area (Å²) in [6.07, 6.45) is 0.0725. The number of aliphatic imine (C=N–C) groups is 3. The fourth-order valence-electron chi connectivity index (χ4n) is 4.87. The van der Waals surface area contributed by atoms with Crippen LogP contribution in [-0.2, 0) is 25.5 Å².